The van der Waals surface area contributed by atoms with Crippen LogP contribution < -0.4 is 0 Å². The Bertz CT molecular complexity index is 558. The molecule has 0 spiro atoms. The molecule has 1 N–H and O–H groups in total. The Morgan fingerprint density at radius 3 is 2.68 bits per heavy atom. The highest BCUT2D eigenvalue weighted by Gasteiger charge is 2.46. The smallest absolute Gasteiger partial charge is 0.163 e. The standard InChI is InChI=1S/C20H28O5/c1-4-8-16-18(21)19(22-12-14-9-6-5-7-10-14)17(24-16)11-15-13-23-20(2,3)25-15/h4-7,9-10,15-19,21H,1,8,11-13H2,2-3H3/t15-,16?,17?,18+,19?/m1/s1. The molecule has 5 atom stereocenters. The molecule has 2 aliphatic heterocycles. The molecule has 0 saturated carbocycles. The first-order valence-electron chi connectivity index (χ1n) is 8.90. The van der Waals surface area contributed by atoms with Crippen LogP contribution in [0, 0.1) is 0 Å². The highest BCUT2D eigenvalue weighted by Crippen LogP contribution is 2.33. The summed E-state index contributed by atoms with van der Waals surface area (Å²) in [4.78, 5) is 0. The van der Waals surface area contributed by atoms with Crippen LogP contribution in [0.15, 0.2) is 43.0 Å². The number of aliphatic hydroxyl groups is 1. The van der Waals surface area contributed by atoms with Crippen molar-refractivity contribution in [1.82, 2.24) is 0 Å². The predicted octanol–water partition coefficient (Wildman–Crippen LogP) is 2.82. The van der Waals surface area contributed by atoms with Crippen LogP contribution in [-0.4, -0.2) is 48.0 Å². The summed E-state index contributed by atoms with van der Waals surface area (Å²) in [6, 6.07) is 9.94. The molecule has 2 aliphatic rings. The first-order chi connectivity index (χ1) is 12.0. The van der Waals surface area contributed by atoms with Crippen LogP contribution in [0.25, 0.3) is 0 Å². The zero-order valence-corrected chi connectivity index (χ0v) is 15.0. The van der Waals surface area contributed by atoms with Crippen molar-refractivity contribution in [3.8, 4) is 0 Å². The summed E-state index contributed by atoms with van der Waals surface area (Å²) in [5.41, 5.74) is 1.07. The average molecular weight is 348 g/mol. The lowest BCUT2D eigenvalue weighted by atomic mass is 10.0. The fourth-order valence-corrected chi connectivity index (χ4v) is 3.47. The van der Waals surface area contributed by atoms with Crippen molar-refractivity contribution in [1.29, 1.82) is 0 Å². The van der Waals surface area contributed by atoms with Gasteiger partial charge in [0, 0.05) is 6.42 Å². The van der Waals surface area contributed by atoms with E-state index in [0.717, 1.165) is 5.56 Å². The third-order valence-corrected chi connectivity index (χ3v) is 4.68. The van der Waals surface area contributed by atoms with Gasteiger partial charge in [-0.2, -0.15) is 0 Å². The monoisotopic (exact) mass is 348 g/mol. The maximum atomic E-state index is 10.6. The van der Waals surface area contributed by atoms with Crippen LogP contribution >= 0.6 is 0 Å². The van der Waals surface area contributed by atoms with Gasteiger partial charge in [0.05, 0.1) is 31.5 Å². The van der Waals surface area contributed by atoms with Crippen LogP contribution in [0.5, 0.6) is 0 Å². The van der Waals surface area contributed by atoms with Crippen molar-refractivity contribution >= 4 is 0 Å². The fourth-order valence-electron chi connectivity index (χ4n) is 3.47. The molecule has 1 aromatic rings. The van der Waals surface area contributed by atoms with E-state index in [4.69, 9.17) is 18.9 Å². The van der Waals surface area contributed by atoms with E-state index in [1.165, 1.54) is 0 Å². The molecule has 2 heterocycles. The Kier molecular flexibility index (Phi) is 5.92. The van der Waals surface area contributed by atoms with Crippen LogP contribution in [0.4, 0.5) is 0 Å². The molecule has 0 bridgehead atoms. The van der Waals surface area contributed by atoms with Gasteiger partial charge in [-0.15, -0.1) is 6.58 Å². The lowest BCUT2D eigenvalue weighted by Crippen LogP contribution is -2.37. The van der Waals surface area contributed by atoms with Gasteiger partial charge in [0.1, 0.15) is 12.2 Å². The maximum Gasteiger partial charge on any atom is 0.163 e. The van der Waals surface area contributed by atoms with E-state index in [0.29, 0.717) is 26.1 Å². The Labute approximate surface area is 149 Å². The quantitative estimate of drug-likeness (QED) is 0.768. The molecule has 0 radical (unpaired) electrons. The van der Waals surface area contributed by atoms with Gasteiger partial charge in [-0.3, -0.25) is 0 Å². The lowest BCUT2D eigenvalue weighted by Gasteiger charge is -2.23. The lowest BCUT2D eigenvalue weighted by molar-refractivity contribution is -0.145. The number of hydrogen-bond acceptors (Lipinski definition) is 5. The van der Waals surface area contributed by atoms with E-state index in [9.17, 15) is 5.11 Å². The van der Waals surface area contributed by atoms with Crippen molar-refractivity contribution in [2.45, 2.75) is 69.6 Å². The van der Waals surface area contributed by atoms with Gasteiger partial charge in [-0.05, 0) is 25.8 Å². The summed E-state index contributed by atoms with van der Waals surface area (Å²) in [6.07, 6.45) is 1.34. The van der Waals surface area contributed by atoms with Gasteiger partial charge >= 0.3 is 0 Å². The minimum absolute atomic E-state index is 0.0579. The van der Waals surface area contributed by atoms with E-state index in [2.05, 4.69) is 6.58 Å². The summed E-state index contributed by atoms with van der Waals surface area (Å²) in [5, 5.41) is 10.6. The summed E-state index contributed by atoms with van der Waals surface area (Å²) in [6.45, 7) is 8.53. The molecule has 5 nitrogen and oxygen atoms in total. The van der Waals surface area contributed by atoms with Crippen LogP contribution in [0.1, 0.15) is 32.3 Å². The van der Waals surface area contributed by atoms with Gasteiger partial charge in [0.2, 0.25) is 0 Å². The van der Waals surface area contributed by atoms with E-state index in [-0.39, 0.29) is 18.3 Å². The summed E-state index contributed by atoms with van der Waals surface area (Å²) >= 11 is 0. The van der Waals surface area contributed by atoms with E-state index < -0.39 is 18.0 Å². The third kappa shape index (κ3) is 4.68. The second-order valence-corrected chi connectivity index (χ2v) is 7.18. The molecular formula is C20H28O5. The average Bonchev–Trinajstić information content (AvgIpc) is 3.07. The van der Waals surface area contributed by atoms with Gasteiger partial charge < -0.3 is 24.1 Å². The van der Waals surface area contributed by atoms with Crippen molar-refractivity contribution in [2.24, 2.45) is 0 Å². The van der Waals surface area contributed by atoms with E-state index in [1.54, 1.807) is 6.08 Å². The molecule has 2 saturated heterocycles. The van der Waals surface area contributed by atoms with Gasteiger partial charge in [0.15, 0.2) is 5.79 Å². The van der Waals surface area contributed by atoms with Gasteiger partial charge in [-0.1, -0.05) is 36.4 Å². The van der Waals surface area contributed by atoms with Crippen molar-refractivity contribution in [3.05, 3.63) is 48.6 Å². The Morgan fingerprint density at radius 2 is 2.04 bits per heavy atom. The van der Waals surface area contributed by atoms with Crippen molar-refractivity contribution < 1.29 is 24.1 Å². The molecule has 25 heavy (non-hydrogen) atoms. The number of benzene rings is 1. The Balaban J connectivity index is 1.64. The van der Waals surface area contributed by atoms with Crippen molar-refractivity contribution in [2.75, 3.05) is 6.61 Å². The number of rotatable bonds is 7. The molecule has 3 unspecified atom stereocenters. The number of aliphatic hydroxyl groups excluding tert-OH is 1. The topological polar surface area (TPSA) is 57.2 Å². The molecular weight excluding hydrogens is 320 g/mol. The molecule has 0 aliphatic carbocycles. The Hall–Kier alpha value is -1.24. The second kappa shape index (κ2) is 7.98. The SMILES string of the molecule is C=CCC1OC(C[C@@H]2COC(C)(C)O2)C(OCc2ccccc2)[C@H]1O. The maximum absolute atomic E-state index is 10.6. The molecule has 5 heteroatoms. The van der Waals surface area contributed by atoms with Crippen LogP contribution in [0.2, 0.25) is 0 Å². The molecule has 138 valence electrons. The fraction of sp³-hybridized carbons (Fsp3) is 0.600. The van der Waals surface area contributed by atoms with Crippen molar-refractivity contribution in [3.63, 3.8) is 0 Å². The van der Waals surface area contributed by atoms with Gasteiger partial charge in [-0.25, -0.2) is 0 Å². The first-order valence-corrected chi connectivity index (χ1v) is 8.90. The molecule has 0 aromatic heterocycles. The van der Waals surface area contributed by atoms with Gasteiger partial charge in [0.25, 0.3) is 0 Å². The predicted molar refractivity (Wildman–Crippen MR) is 94.0 cm³/mol. The van der Waals surface area contributed by atoms with Crippen LogP contribution in [-0.2, 0) is 25.6 Å². The summed E-state index contributed by atoms with van der Waals surface area (Å²) in [5.74, 6) is -0.567. The minimum Gasteiger partial charge on any atom is -0.388 e. The molecule has 0 amide bonds. The zero-order chi connectivity index (χ0) is 17.9. The molecule has 1 aromatic carbocycles. The highest BCUT2D eigenvalue weighted by atomic mass is 16.7. The summed E-state index contributed by atoms with van der Waals surface area (Å²) < 4.78 is 23.6. The zero-order valence-electron chi connectivity index (χ0n) is 15.0. The number of ether oxygens (including phenoxy) is 4. The van der Waals surface area contributed by atoms with E-state index >= 15 is 0 Å². The molecule has 3 rings (SSSR count). The summed E-state index contributed by atoms with van der Waals surface area (Å²) in [7, 11) is 0. The number of hydrogen-bond donors (Lipinski definition) is 1. The third-order valence-electron chi connectivity index (χ3n) is 4.68. The van der Waals surface area contributed by atoms with Crippen LogP contribution in [0.3, 0.4) is 0 Å². The largest absolute Gasteiger partial charge is 0.388 e. The first kappa shape index (κ1) is 18.5. The van der Waals surface area contributed by atoms with E-state index in [1.807, 2.05) is 44.2 Å². The molecule has 2 fully saturated rings. The minimum atomic E-state index is -0.679. The second-order valence-electron chi connectivity index (χ2n) is 7.18. The Morgan fingerprint density at radius 1 is 1.28 bits per heavy atom. The normalized spacial score (nSPS) is 34.3. The highest BCUT2D eigenvalue weighted by molar-refractivity contribution is 5.13.